The van der Waals surface area contributed by atoms with Gasteiger partial charge in [-0.15, -0.1) is 11.3 Å². The number of aryl methyl sites for hydroxylation is 1. The van der Waals surface area contributed by atoms with Crippen LogP contribution in [0.4, 0.5) is 5.82 Å². The standard InChI is InChI=1S/C14H14N4S/c1-9-7-15-14(19-9)10(2)18-13-11-5-3-4-6-12(11)16-8-17-13/h3-8,10H,1-2H3,(H,16,17,18). The first kappa shape index (κ1) is 12.0. The Bertz CT molecular complexity index is 702. The lowest BCUT2D eigenvalue weighted by Gasteiger charge is -2.13. The van der Waals surface area contributed by atoms with E-state index in [1.54, 1.807) is 17.7 Å². The minimum absolute atomic E-state index is 0.136. The molecule has 5 heteroatoms. The molecule has 19 heavy (non-hydrogen) atoms. The van der Waals surface area contributed by atoms with Crippen molar-refractivity contribution in [3.63, 3.8) is 0 Å². The molecule has 1 unspecified atom stereocenters. The fourth-order valence-corrected chi connectivity index (χ4v) is 2.74. The van der Waals surface area contributed by atoms with Crippen LogP contribution in [0.2, 0.25) is 0 Å². The minimum Gasteiger partial charge on any atom is -0.360 e. The number of nitrogens with zero attached hydrogens (tertiary/aromatic N) is 3. The second kappa shape index (κ2) is 4.93. The molecule has 0 aliphatic carbocycles. The molecule has 0 radical (unpaired) electrons. The molecule has 0 fully saturated rings. The summed E-state index contributed by atoms with van der Waals surface area (Å²) in [7, 11) is 0. The Hall–Kier alpha value is -2.01. The summed E-state index contributed by atoms with van der Waals surface area (Å²) < 4.78 is 0. The lowest BCUT2D eigenvalue weighted by atomic mass is 10.2. The quantitative estimate of drug-likeness (QED) is 0.790. The molecule has 2 aromatic heterocycles. The first-order chi connectivity index (χ1) is 9.24. The second-order valence-corrected chi connectivity index (χ2v) is 5.68. The predicted octanol–water partition coefficient (Wildman–Crippen LogP) is 3.57. The average Bonchev–Trinajstić information content (AvgIpc) is 2.86. The van der Waals surface area contributed by atoms with Crippen LogP contribution in [0.25, 0.3) is 10.9 Å². The van der Waals surface area contributed by atoms with Crippen molar-refractivity contribution >= 4 is 28.1 Å². The number of aromatic nitrogens is 3. The molecule has 3 aromatic rings. The van der Waals surface area contributed by atoms with Crippen molar-refractivity contribution in [3.8, 4) is 0 Å². The zero-order chi connectivity index (χ0) is 13.2. The Kier molecular flexibility index (Phi) is 3.13. The SMILES string of the molecule is Cc1cnc(C(C)Nc2ncnc3ccccc23)s1. The van der Waals surface area contributed by atoms with E-state index in [0.717, 1.165) is 21.7 Å². The Morgan fingerprint density at radius 1 is 1.16 bits per heavy atom. The molecular weight excluding hydrogens is 256 g/mol. The number of hydrogen-bond donors (Lipinski definition) is 1. The van der Waals surface area contributed by atoms with Crippen LogP contribution in [-0.2, 0) is 0 Å². The van der Waals surface area contributed by atoms with Crippen LogP contribution in [0.5, 0.6) is 0 Å². The van der Waals surface area contributed by atoms with E-state index in [9.17, 15) is 0 Å². The molecule has 1 aromatic carbocycles. The lowest BCUT2D eigenvalue weighted by Crippen LogP contribution is -2.08. The first-order valence-electron chi connectivity index (χ1n) is 6.12. The van der Waals surface area contributed by atoms with E-state index in [1.807, 2.05) is 30.5 Å². The van der Waals surface area contributed by atoms with Crippen LogP contribution < -0.4 is 5.32 Å². The van der Waals surface area contributed by atoms with Crippen LogP contribution in [-0.4, -0.2) is 15.0 Å². The van der Waals surface area contributed by atoms with Gasteiger partial charge in [-0.1, -0.05) is 12.1 Å². The molecule has 0 bridgehead atoms. The smallest absolute Gasteiger partial charge is 0.137 e. The van der Waals surface area contributed by atoms with E-state index >= 15 is 0 Å². The van der Waals surface area contributed by atoms with Crippen molar-refractivity contribution < 1.29 is 0 Å². The third-order valence-electron chi connectivity index (χ3n) is 2.91. The van der Waals surface area contributed by atoms with Gasteiger partial charge in [0.2, 0.25) is 0 Å². The Balaban J connectivity index is 1.93. The summed E-state index contributed by atoms with van der Waals surface area (Å²) in [6, 6.07) is 8.12. The molecule has 4 nitrogen and oxygen atoms in total. The second-order valence-electron chi connectivity index (χ2n) is 4.41. The van der Waals surface area contributed by atoms with Gasteiger partial charge >= 0.3 is 0 Å². The molecule has 0 amide bonds. The summed E-state index contributed by atoms with van der Waals surface area (Å²) in [5.41, 5.74) is 0.947. The fourth-order valence-electron chi connectivity index (χ4n) is 1.96. The van der Waals surface area contributed by atoms with Crippen molar-refractivity contribution in [2.24, 2.45) is 0 Å². The highest BCUT2D eigenvalue weighted by Gasteiger charge is 2.11. The molecule has 1 atom stereocenters. The maximum atomic E-state index is 4.40. The third kappa shape index (κ3) is 2.42. The highest BCUT2D eigenvalue weighted by Crippen LogP contribution is 2.25. The molecule has 0 saturated carbocycles. The van der Waals surface area contributed by atoms with Crippen molar-refractivity contribution in [1.29, 1.82) is 0 Å². The van der Waals surface area contributed by atoms with E-state index in [0.29, 0.717) is 0 Å². The van der Waals surface area contributed by atoms with E-state index in [1.165, 1.54) is 4.88 Å². The molecule has 96 valence electrons. The molecular formula is C14H14N4S. The molecule has 1 N–H and O–H groups in total. The number of para-hydroxylation sites is 1. The Labute approximate surface area is 115 Å². The van der Waals surface area contributed by atoms with E-state index in [2.05, 4.69) is 34.1 Å². The van der Waals surface area contributed by atoms with Gasteiger partial charge in [0.15, 0.2) is 0 Å². The number of benzene rings is 1. The van der Waals surface area contributed by atoms with E-state index < -0.39 is 0 Å². The molecule has 0 spiro atoms. The summed E-state index contributed by atoms with van der Waals surface area (Å²) >= 11 is 1.70. The van der Waals surface area contributed by atoms with Crippen molar-refractivity contribution in [3.05, 3.63) is 46.7 Å². The molecule has 0 saturated heterocycles. The number of anilines is 1. The van der Waals surface area contributed by atoms with Gasteiger partial charge in [-0.3, -0.25) is 0 Å². The minimum atomic E-state index is 0.136. The monoisotopic (exact) mass is 270 g/mol. The molecule has 2 heterocycles. The topological polar surface area (TPSA) is 50.7 Å². The van der Waals surface area contributed by atoms with Gasteiger partial charge in [0.25, 0.3) is 0 Å². The molecule has 0 aliphatic rings. The molecule has 0 aliphatic heterocycles. The van der Waals surface area contributed by atoms with Crippen LogP contribution in [0.15, 0.2) is 36.8 Å². The molecule has 3 rings (SSSR count). The summed E-state index contributed by atoms with van der Waals surface area (Å²) in [6.07, 6.45) is 3.49. The van der Waals surface area contributed by atoms with Crippen LogP contribution >= 0.6 is 11.3 Å². The number of rotatable bonds is 3. The fraction of sp³-hybridized carbons (Fsp3) is 0.214. The number of nitrogens with one attached hydrogen (secondary N) is 1. The summed E-state index contributed by atoms with van der Waals surface area (Å²) in [4.78, 5) is 14.2. The van der Waals surface area contributed by atoms with Crippen molar-refractivity contribution in [2.75, 3.05) is 5.32 Å². The summed E-state index contributed by atoms with van der Waals surface area (Å²) in [5, 5.41) is 5.51. The Morgan fingerprint density at radius 2 is 2.00 bits per heavy atom. The van der Waals surface area contributed by atoms with E-state index in [4.69, 9.17) is 0 Å². The van der Waals surface area contributed by atoms with Gasteiger partial charge in [0.1, 0.15) is 17.2 Å². The normalized spacial score (nSPS) is 12.5. The number of hydrogen-bond acceptors (Lipinski definition) is 5. The number of fused-ring (bicyclic) bond motifs is 1. The predicted molar refractivity (Wildman–Crippen MR) is 78.4 cm³/mol. The highest BCUT2D eigenvalue weighted by atomic mass is 32.1. The zero-order valence-corrected chi connectivity index (χ0v) is 11.6. The van der Waals surface area contributed by atoms with Crippen LogP contribution in [0.1, 0.15) is 22.9 Å². The van der Waals surface area contributed by atoms with E-state index in [-0.39, 0.29) is 6.04 Å². The van der Waals surface area contributed by atoms with Gasteiger partial charge in [0, 0.05) is 16.5 Å². The summed E-state index contributed by atoms with van der Waals surface area (Å²) in [5.74, 6) is 0.853. The summed E-state index contributed by atoms with van der Waals surface area (Å²) in [6.45, 7) is 4.16. The van der Waals surface area contributed by atoms with Gasteiger partial charge in [-0.25, -0.2) is 15.0 Å². The van der Waals surface area contributed by atoms with Crippen molar-refractivity contribution in [2.45, 2.75) is 19.9 Å². The van der Waals surface area contributed by atoms with Gasteiger partial charge in [-0.2, -0.15) is 0 Å². The Morgan fingerprint density at radius 3 is 2.79 bits per heavy atom. The maximum absolute atomic E-state index is 4.40. The van der Waals surface area contributed by atoms with Gasteiger partial charge in [-0.05, 0) is 26.0 Å². The zero-order valence-electron chi connectivity index (χ0n) is 10.8. The number of thiazole rings is 1. The van der Waals surface area contributed by atoms with Crippen LogP contribution in [0.3, 0.4) is 0 Å². The van der Waals surface area contributed by atoms with Crippen LogP contribution in [0, 0.1) is 6.92 Å². The maximum Gasteiger partial charge on any atom is 0.137 e. The largest absolute Gasteiger partial charge is 0.360 e. The first-order valence-corrected chi connectivity index (χ1v) is 6.94. The van der Waals surface area contributed by atoms with Gasteiger partial charge < -0.3 is 5.32 Å². The third-order valence-corrected chi connectivity index (χ3v) is 4.00. The lowest BCUT2D eigenvalue weighted by molar-refractivity contribution is 0.862. The van der Waals surface area contributed by atoms with Crippen molar-refractivity contribution in [1.82, 2.24) is 15.0 Å². The average molecular weight is 270 g/mol. The highest BCUT2D eigenvalue weighted by molar-refractivity contribution is 7.11. The van der Waals surface area contributed by atoms with Gasteiger partial charge in [0.05, 0.1) is 11.6 Å².